The molecule has 0 aliphatic rings. The Bertz CT molecular complexity index is 2000. The van der Waals surface area contributed by atoms with E-state index in [-0.39, 0.29) is 0 Å². The highest BCUT2D eigenvalue weighted by atomic mass is 16.3. The second-order valence-corrected chi connectivity index (χ2v) is 10.7. The zero-order valence-electron chi connectivity index (χ0n) is 23.2. The number of aryl methyl sites for hydroxylation is 4. The first-order valence-corrected chi connectivity index (χ1v) is 13.7. The smallest absolute Gasteiger partial charge is 0.149 e. The van der Waals surface area contributed by atoms with Crippen LogP contribution in [-0.4, -0.2) is 9.55 Å². The van der Waals surface area contributed by atoms with Crippen molar-refractivity contribution in [2.75, 3.05) is 0 Å². The van der Waals surface area contributed by atoms with Crippen molar-refractivity contribution in [1.82, 2.24) is 9.55 Å². The van der Waals surface area contributed by atoms with Crippen molar-refractivity contribution >= 4 is 22.0 Å². The molecule has 40 heavy (non-hydrogen) atoms. The third-order valence-corrected chi connectivity index (χ3v) is 7.98. The maximum atomic E-state index is 6.11. The number of fused-ring (bicyclic) bond motifs is 2. The van der Waals surface area contributed by atoms with Crippen LogP contribution < -0.4 is 0 Å². The van der Waals surface area contributed by atoms with Gasteiger partial charge in [0, 0.05) is 11.1 Å². The number of imidazole rings is 1. The van der Waals surface area contributed by atoms with Gasteiger partial charge in [-0.3, -0.25) is 4.57 Å². The Kier molecular flexibility index (Phi) is 5.67. The topological polar surface area (TPSA) is 31.0 Å². The van der Waals surface area contributed by atoms with Crippen LogP contribution in [0.4, 0.5) is 0 Å². The molecule has 7 rings (SSSR count). The summed E-state index contributed by atoms with van der Waals surface area (Å²) in [6.07, 6.45) is 1.86. The second kappa shape index (κ2) is 9.39. The maximum absolute atomic E-state index is 6.11. The van der Waals surface area contributed by atoms with Gasteiger partial charge in [0.1, 0.15) is 17.7 Å². The number of furan rings is 1. The van der Waals surface area contributed by atoms with Gasteiger partial charge in [0.05, 0.1) is 16.6 Å². The molecule has 0 bridgehead atoms. The zero-order chi connectivity index (χ0) is 27.4. The van der Waals surface area contributed by atoms with E-state index in [2.05, 4.69) is 129 Å². The van der Waals surface area contributed by atoms with E-state index in [4.69, 9.17) is 9.40 Å². The maximum Gasteiger partial charge on any atom is 0.149 e. The van der Waals surface area contributed by atoms with E-state index in [0.29, 0.717) is 0 Å². The van der Waals surface area contributed by atoms with Gasteiger partial charge in [-0.25, -0.2) is 4.98 Å². The van der Waals surface area contributed by atoms with Crippen molar-refractivity contribution in [2.45, 2.75) is 27.7 Å². The van der Waals surface area contributed by atoms with E-state index >= 15 is 0 Å². The molecular formula is C37H30N2O. The molecule has 0 atom stereocenters. The lowest BCUT2D eigenvalue weighted by molar-refractivity contribution is 0.616. The van der Waals surface area contributed by atoms with Crippen LogP contribution in [-0.2, 0) is 0 Å². The monoisotopic (exact) mass is 518 g/mol. The summed E-state index contributed by atoms with van der Waals surface area (Å²) in [5.74, 6) is 0.880. The molecular weight excluding hydrogens is 488 g/mol. The quantitative estimate of drug-likeness (QED) is 0.232. The van der Waals surface area contributed by atoms with Gasteiger partial charge in [-0.15, -0.1) is 0 Å². The van der Waals surface area contributed by atoms with Gasteiger partial charge in [-0.05, 0) is 109 Å². The summed E-state index contributed by atoms with van der Waals surface area (Å²) in [6, 6.07) is 36.5. The largest absolute Gasteiger partial charge is 0.464 e. The molecule has 0 saturated carbocycles. The number of hydrogen-bond donors (Lipinski definition) is 0. The molecule has 2 heterocycles. The fraction of sp³-hybridized carbons (Fsp3) is 0.108. The van der Waals surface area contributed by atoms with Crippen LogP contribution in [0.5, 0.6) is 0 Å². The van der Waals surface area contributed by atoms with Crippen LogP contribution in [0.3, 0.4) is 0 Å². The summed E-state index contributed by atoms with van der Waals surface area (Å²) in [6.45, 7) is 8.74. The lowest BCUT2D eigenvalue weighted by Crippen LogP contribution is -2.00. The van der Waals surface area contributed by atoms with E-state index in [1.807, 2.05) is 12.3 Å². The van der Waals surface area contributed by atoms with Gasteiger partial charge >= 0.3 is 0 Å². The Morgan fingerprint density at radius 3 is 2.02 bits per heavy atom. The van der Waals surface area contributed by atoms with E-state index in [1.54, 1.807) is 0 Å². The minimum Gasteiger partial charge on any atom is -0.464 e. The second-order valence-electron chi connectivity index (χ2n) is 10.7. The van der Waals surface area contributed by atoms with Gasteiger partial charge in [-0.1, -0.05) is 66.7 Å². The highest BCUT2D eigenvalue weighted by Crippen LogP contribution is 2.39. The molecule has 0 amide bonds. The minimum absolute atomic E-state index is 0.857. The fourth-order valence-corrected chi connectivity index (χ4v) is 6.23. The molecule has 0 unspecified atom stereocenters. The van der Waals surface area contributed by atoms with E-state index in [0.717, 1.165) is 39.1 Å². The minimum atomic E-state index is 0.857. The number of nitrogens with zero attached hydrogens (tertiary/aromatic N) is 2. The lowest BCUT2D eigenvalue weighted by atomic mass is 9.94. The predicted octanol–water partition coefficient (Wildman–Crippen LogP) is 10.0. The fourth-order valence-electron chi connectivity index (χ4n) is 6.23. The van der Waals surface area contributed by atoms with Crippen molar-refractivity contribution in [3.63, 3.8) is 0 Å². The van der Waals surface area contributed by atoms with E-state index < -0.39 is 0 Å². The van der Waals surface area contributed by atoms with Gasteiger partial charge in [0.2, 0.25) is 0 Å². The standard InChI is InChI=1S/C37H30N2O/c1-23-11-10-12-24(2)35(23)28-17-18-34-30(21-28)31(22-40-34)37-38-32-15-8-9-16-33(32)39(37)29-19-25(3)36(26(4)20-29)27-13-6-5-7-14-27/h5-22H,1-4H3. The summed E-state index contributed by atoms with van der Waals surface area (Å²) in [7, 11) is 0. The third kappa shape index (κ3) is 3.85. The van der Waals surface area contributed by atoms with Crippen LogP contribution in [0.1, 0.15) is 22.3 Å². The Hall–Kier alpha value is -4.89. The van der Waals surface area contributed by atoms with Gasteiger partial charge in [-0.2, -0.15) is 0 Å². The Morgan fingerprint density at radius 2 is 1.27 bits per heavy atom. The Labute approximate surface area is 234 Å². The highest BCUT2D eigenvalue weighted by molar-refractivity contribution is 5.98. The number of aromatic nitrogens is 2. The summed E-state index contributed by atoms with van der Waals surface area (Å²) < 4.78 is 8.39. The first-order chi connectivity index (χ1) is 19.5. The molecule has 3 heteroatoms. The van der Waals surface area contributed by atoms with Crippen LogP contribution in [0.25, 0.3) is 61.3 Å². The normalized spacial score (nSPS) is 11.5. The first-order valence-electron chi connectivity index (χ1n) is 13.7. The van der Waals surface area contributed by atoms with Crippen molar-refractivity contribution in [1.29, 1.82) is 0 Å². The molecule has 0 radical (unpaired) electrons. The van der Waals surface area contributed by atoms with Gasteiger partial charge in [0.15, 0.2) is 0 Å². The molecule has 2 aromatic heterocycles. The molecule has 3 nitrogen and oxygen atoms in total. The summed E-state index contributed by atoms with van der Waals surface area (Å²) in [5, 5.41) is 1.06. The molecule has 7 aromatic rings. The summed E-state index contributed by atoms with van der Waals surface area (Å²) in [4.78, 5) is 5.16. The number of hydrogen-bond acceptors (Lipinski definition) is 2. The molecule has 0 aliphatic carbocycles. The molecule has 0 saturated heterocycles. The average molecular weight is 519 g/mol. The first kappa shape index (κ1) is 24.2. The molecule has 0 aliphatic heterocycles. The van der Waals surface area contributed by atoms with Crippen LogP contribution >= 0.6 is 0 Å². The van der Waals surface area contributed by atoms with Crippen LogP contribution in [0.15, 0.2) is 114 Å². The Morgan fingerprint density at radius 1 is 0.600 bits per heavy atom. The molecule has 0 spiro atoms. The third-order valence-electron chi connectivity index (χ3n) is 7.98. The summed E-state index contributed by atoms with van der Waals surface area (Å²) >= 11 is 0. The van der Waals surface area contributed by atoms with Crippen molar-refractivity contribution < 1.29 is 4.42 Å². The van der Waals surface area contributed by atoms with Crippen molar-refractivity contribution in [3.05, 3.63) is 132 Å². The van der Waals surface area contributed by atoms with Crippen LogP contribution in [0, 0.1) is 27.7 Å². The molecule has 0 fully saturated rings. The lowest BCUT2D eigenvalue weighted by Gasteiger charge is -2.16. The Balaban J connectivity index is 1.46. The zero-order valence-corrected chi connectivity index (χ0v) is 23.2. The number of para-hydroxylation sites is 2. The van der Waals surface area contributed by atoms with Gasteiger partial charge in [0.25, 0.3) is 0 Å². The van der Waals surface area contributed by atoms with E-state index in [1.165, 1.54) is 44.5 Å². The molecule has 0 N–H and O–H groups in total. The van der Waals surface area contributed by atoms with E-state index in [9.17, 15) is 0 Å². The number of rotatable bonds is 4. The van der Waals surface area contributed by atoms with Crippen molar-refractivity contribution in [2.24, 2.45) is 0 Å². The molecule has 5 aromatic carbocycles. The van der Waals surface area contributed by atoms with Gasteiger partial charge < -0.3 is 4.42 Å². The van der Waals surface area contributed by atoms with Crippen LogP contribution in [0.2, 0.25) is 0 Å². The van der Waals surface area contributed by atoms with Crippen molar-refractivity contribution in [3.8, 4) is 39.3 Å². The SMILES string of the molecule is Cc1cccc(C)c1-c1ccc2occ(-c3nc4ccccc4n3-c3cc(C)c(-c4ccccc4)c(C)c3)c2c1. The highest BCUT2D eigenvalue weighted by Gasteiger charge is 2.20. The average Bonchev–Trinajstić information content (AvgIpc) is 3.54. The summed E-state index contributed by atoms with van der Waals surface area (Å²) in [5.41, 5.74) is 14.9. The number of benzene rings is 5. The predicted molar refractivity (Wildman–Crippen MR) is 166 cm³/mol. The molecule has 194 valence electrons.